The van der Waals surface area contributed by atoms with Crippen LogP contribution in [-0.2, 0) is 0 Å². The van der Waals surface area contributed by atoms with Crippen LogP contribution in [0.15, 0.2) is 35.1 Å². The Morgan fingerprint density at radius 2 is 2.17 bits per heavy atom. The van der Waals surface area contributed by atoms with E-state index >= 15 is 0 Å². The fraction of sp³-hybridized carbons (Fsp3) is 0.286. The molecule has 1 amide bonds. The lowest BCUT2D eigenvalue weighted by atomic mass is 10.1. The third-order valence-electron chi connectivity index (χ3n) is 2.86. The van der Waals surface area contributed by atoms with Crippen LogP contribution >= 0.6 is 0 Å². The van der Waals surface area contributed by atoms with E-state index in [9.17, 15) is 4.79 Å². The van der Waals surface area contributed by atoms with Crippen LogP contribution in [0.25, 0.3) is 0 Å². The number of hydrogen-bond donors (Lipinski definition) is 0. The first kappa shape index (κ1) is 12.4. The molecule has 0 aliphatic carbocycles. The largest absolute Gasteiger partial charge is 0.364 e. The van der Waals surface area contributed by atoms with Gasteiger partial charge in [-0.1, -0.05) is 17.3 Å². The lowest BCUT2D eigenvalue weighted by Gasteiger charge is -2.20. The molecular weight excluding hydrogens is 228 g/mol. The average molecular weight is 244 g/mol. The number of aromatic nitrogens is 1. The highest BCUT2D eigenvalue weighted by atomic mass is 16.5. The lowest BCUT2D eigenvalue weighted by molar-refractivity contribution is 0.0987. The summed E-state index contributed by atoms with van der Waals surface area (Å²) in [5.41, 5.74) is 3.15. The topological polar surface area (TPSA) is 46.3 Å². The average Bonchev–Trinajstić information content (AvgIpc) is 2.76. The molecule has 94 valence electrons. The van der Waals surface area contributed by atoms with Gasteiger partial charge in [-0.3, -0.25) is 4.79 Å². The molecule has 0 atom stereocenters. The third-order valence-corrected chi connectivity index (χ3v) is 2.86. The Morgan fingerprint density at radius 1 is 1.39 bits per heavy atom. The van der Waals surface area contributed by atoms with Crippen LogP contribution in [0, 0.1) is 13.8 Å². The predicted molar refractivity (Wildman–Crippen MR) is 69.8 cm³/mol. The van der Waals surface area contributed by atoms with Gasteiger partial charge >= 0.3 is 0 Å². The Kier molecular flexibility index (Phi) is 3.46. The third kappa shape index (κ3) is 2.27. The maximum atomic E-state index is 12.4. The fourth-order valence-electron chi connectivity index (χ4n) is 1.88. The number of anilines is 1. The van der Waals surface area contributed by atoms with E-state index in [1.54, 1.807) is 11.8 Å². The zero-order valence-corrected chi connectivity index (χ0v) is 10.8. The van der Waals surface area contributed by atoms with Gasteiger partial charge < -0.3 is 9.42 Å². The van der Waals surface area contributed by atoms with E-state index in [0.717, 1.165) is 11.3 Å². The van der Waals surface area contributed by atoms with Gasteiger partial charge in [-0.2, -0.15) is 0 Å². The Hall–Kier alpha value is -2.10. The van der Waals surface area contributed by atoms with Crippen LogP contribution in [0.3, 0.4) is 0 Å². The van der Waals surface area contributed by atoms with Crippen LogP contribution in [0.5, 0.6) is 0 Å². The van der Waals surface area contributed by atoms with Crippen molar-refractivity contribution in [3.8, 4) is 0 Å². The number of aryl methyl sites for hydroxylation is 2. The number of carbonyl (C=O) groups excluding carboxylic acids is 1. The molecule has 0 radical (unpaired) electrons. The summed E-state index contributed by atoms with van der Waals surface area (Å²) in [7, 11) is 0. The maximum Gasteiger partial charge on any atom is 0.263 e. The van der Waals surface area contributed by atoms with Crippen molar-refractivity contribution in [2.24, 2.45) is 0 Å². The molecule has 1 aromatic carbocycles. The van der Waals surface area contributed by atoms with E-state index in [2.05, 4.69) is 5.16 Å². The molecule has 0 unspecified atom stereocenters. The SMILES string of the molecule is CCN(C(=O)c1conc1C)c1cccc(C)c1. The van der Waals surface area contributed by atoms with Gasteiger partial charge in [-0.15, -0.1) is 0 Å². The number of rotatable bonds is 3. The molecule has 18 heavy (non-hydrogen) atoms. The minimum absolute atomic E-state index is 0.0816. The summed E-state index contributed by atoms with van der Waals surface area (Å²) in [5.74, 6) is -0.0816. The summed E-state index contributed by atoms with van der Waals surface area (Å²) < 4.78 is 4.82. The summed E-state index contributed by atoms with van der Waals surface area (Å²) in [4.78, 5) is 14.1. The van der Waals surface area contributed by atoms with Crippen LogP contribution in [0.1, 0.15) is 28.5 Å². The highest BCUT2D eigenvalue weighted by Crippen LogP contribution is 2.19. The Morgan fingerprint density at radius 3 is 2.72 bits per heavy atom. The minimum Gasteiger partial charge on any atom is -0.364 e. The van der Waals surface area contributed by atoms with E-state index in [0.29, 0.717) is 17.8 Å². The van der Waals surface area contributed by atoms with Crippen molar-refractivity contribution in [1.82, 2.24) is 5.16 Å². The van der Waals surface area contributed by atoms with E-state index in [4.69, 9.17) is 4.52 Å². The second-order valence-electron chi connectivity index (χ2n) is 4.20. The van der Waals surface area contributed by atoms with Gasteiger partial charge in [-0.25, -0.2) is 0 Å². The smallest absolute Gasteiger partial charge is 0.263 e. The van der Waals surface area contributed by atoms with Crippen molar-refractivity contribution in [3.63, 3.8) is 0 Å². The monoisotopic (exact) mass is 244 g/mol. The van der Waals surface area contributed by atoms with Crippen molar-refractivity contribution in [2.45, 2.75) is 20.8 Å². The molecule has 2 aromatic rings. The summed E-state index contributed by atoms with van der Waals surface area (Å²) >= 11 is 0. The molecule has 4 heteroatoms. The Bertz CT molecular complexity index is 560. The molecule has 1 heterocycles. The quantitative estimate of drug-likeness (QED) is 0.833. The minimum atomic E-state index is -0.0816. The second-order valence-corrected chi connectivity index (χ2v) is 4.20. The molecule has 0 bridgehead atoms. The first-order valence-corrected chi connectivity index (χ1v) is 5.93. The van der Waals surface area contributed by atoms with E-state index in [1.807, 2.05) is 38.1 Å². The first-order chi connectivity index (χ1) is 8.63. The number of nitrogens with zero attached hydrogens (tertiary/aromatic N) is 2. The van der Waals surface area contributed by atoms with E-state index in [1.165, 1.54) is 6.26 Å². The fourth-order valence-corrected chi connectivity index (χ4v) is 1.88. The van der Waals surface area contributed by atoms with E-state index < -0.39 is 0 Å². The number of hydrogen-bond acceptors (Lipinski definition) is 3. The van der Waals surface area contributed by atoms with E-state index in [-0.39, 0.29) is 5.91 Å². The molecule has 0 saturated heterocycles. The van der Waals surface area contributed by atoms with Gasteiger partial charge in [0.2, 0.25) is 0 Å². The number of benzene rings is 1. The standard InChI is InChI=1S/C14H16N2O2/c1-4-16(12-7-5-6-10(2)8-12)14(17)13-9-18-15-11(13)3/h5-9H,4H2,1-3H3. The van der Waals surface area contributed by atoms with Gasteiger partial charge in [0.05, 0.1) is 5.69 Å². The van der Waals surface area contributed by atoms with Crippen molar-refractivity contribution in [3.05, 3.63) is 47.3 Å². The zero-order chi connectivity index (χ0) is 13.1. The first-order valence-electron chi connectivity index (χ1n) is 5.93. The van der Waals surface area contributed by atoms with Crippen LogP contribution in [0.4, 0.5) is 5.69 Å². The highest BCUT2D eigenvalue weighted by Gasteiger charge is 2.20. The number of carbonyl (C=O) groups is 1. The molecule has 0 aliphatic rings. The second kappa shape index (κ2) is 5.04. The summed E-state index contributed by atoms with van der Waals surface area (Å²) in [5, 5.41) is 3.74. The van der Waals surface area contributed by atoms with Crippen molar-refractivity contribution < 1.29 is 9.32 Å². The molecule has 0 saturated carbocycles. The van der Waals surface area contributed by atoms with Crippen LogP contribution < -0.4 is 4.90 Å². The molecule has 0 spiro atoms. The lowest BCUT2D eigenvalue weighted by Crippen LogP contribution is -2.30. The van der Waals surface area contributed by atoms with Crippen LogP contribution in [-0.4, -0.2) is 17.6 Å². The van der Waals surface area contributed by atoms with Gasteiger partial charge in [-0.05, 0) is 38.5 Å². The van der Waals surface area contributed by atoms with Gasteiger partial charge in [0, 0.05) is 12.2 Å². The molecule has 2 rings (SSSR count). The maximum absolute atomic E-state index is 12.4. The normalized spacial score (nSPS) is 10.4. The molecule has 1 aromatic heterocycles. The van der Waals surface area contributed by atoms with Gasteiger partial charge in [0.15, 0.2) is 0 Å². The zero-order valence-electron chi connectivity index (χ0n) is 10.8. The summed E-state index contributed by atoms with van der Waals surface area (Å²) in [6.45, 7) is 6.32. The molecule has 4 nitrogen and oxygen atoms in total. The van der Waals surface area contributed by atoms with Gasteiger partial charge in [0.25, 0.3) is 5.91 Å². The summed E-state index contributed by atoms with van der Waals surface area (Å²) in [6.07, 6.45) is 1.40. The molecule has 0 N–H and O–H groups in total. The number of amides is 1. The van der Waals surface area contributed by atoms with Crippen molar-refractivity contribution in [1.29, 1.82) is 0 Å². The molecule has 0 fully saturated rings. The van der Waals surface area contributed by atoms with Crippen molar-refractivity contribution >= 4 is 11.6 Å². The van der Waals surface area contributed by atoms with Crippen LogP contribution in [0.2, 0.25) is 0 Å². The molecular formula is C14H16N2O2. The molecule has 0 aliphatic heterocycles. The Balaban J connectivity index is 2.35. The Labute approximate surface area is 106 Å². The predicted octanol–water partition coefficient (Wildman–Crippen LogP) is 2.96. The highest BCUT2D eigenvalue weighted by molar-refractivity contribution is 6.06. The van der Waals surface area contributed by atoms with Gasteiger partial charge in [0.1, 0.15) is 11.8 Å². The summed E-state index contributed by atoms with van der Waals surface area (Å²) in [6, 6.07) is 7.87. The van der Waals surface area contributed by atoms with Crippen molar-refractivity contribution in [2.75, 3.05) is 11.4 Å².